The van der Waals surface area contributed by atoms with Crippen LogP contribution in [0.15, 0.2) is 54.7 Å². The molecule has 1 heterocycles. The minimum absolute atomic E-state index is 0.378. The van der Waals surface area contributed by atoms with Gasteiger partial charge in [-0.15, -0.1) is 0 Å². The van der Waals surface area contributed by atoms with Crippen molar-refractivity contribution >= 4 is 22.9 Å². The van der Waals surface area contributed by atoms with Crippen LogP contribution in [0.25, 0.3) is 17.0 Å². The number of aryl methyl sites for hydroxylation is 2. The topological polar surface area (TPSA) is 66.3 Å². The molecule has 28 heavy (non-hydrogen) atoms. The van der Waals surface area contributed by atoms with Crippen LogP contribution in [-0.4, -0.2) is 22.2 Å². The molecule has 1 unspecified atom stereocenters. The van der Waals surface area contributed by atoms with Crippen LogP contribution in [0.2, 0.25) is 0 Å². The standard InChI is InChI=1S/C23H25N3O2/c1-26-15-18(20-4-2-3-5-22(20)26)12-13-24-21-10-8-17-14-16(6-9-19(17)21)7-11-23(27)25-28/h2-7,9,11,14-15,21,24,28H,8,10,12-13H2,1H3,(H,25,27)/b11-7+. The molecule has 1 aromatic heterocycles. The Morgan fingerprint density at radius 1 is 1.29 bits per heavy atom. The predicted molar refractivity (Wildman–Crippen MR) is 111 cm³/mol. The molecule has 2 aromatic carbocycles. The van der Waals surface area contributed by atoms with Gasteiger partial charge in [-0.05, 0) is 60.2 Å². The van der Waals surface area contributed by atoms with E-state index in [0.29, 0.717) is 6.04 Å². The summed E-state index contributed by atoms with van der Waals surface area (Å²) in [5, 5.41) is 13.6. The average molecular weight is 375 g/mol. The van der Waals surface area contributed by atoms with E-state index in [4.69, 9.17) is 5.21 Å². The monoisotopic (exact) mass is 375 g/mol. The van der Waals surface area contributed by atoms with E-state index in [9.17, 15) is 4.79 Å². The summed E-state index contributed by atoms with van der Waals surface area (Å²) in [6.45, 7) is 0.941. The molecule has 0 saturated carbocycles. The first kappa shape index (κ1) is 18.5. The van der Waals surface area contributed by atoms with Gasteiger partial charge in [-0.3, -0.25) is 10.0 Å². The van der Waals surface area contributed by atoms with Crippen molar-refractivity contribution in [2.45, 2.75) is 25.3 Å². The van der Waals surface area contributed by atoms with E-state index < -0.39 is 5.91 Å². The smallest absolute Gasteiger partial charge is 0.267 e. The fraction of sp³-hybridized carbons (Fsp3) is 0.261. The van der Waals surface area contributed by atoms with Crippen molar-refractivity contribution in [3.8, 4) is 0 Å². The van der Waals surface area contributed by atoms with Crippen LogP contribution in [0.1, 0.15) is 34.7 Å². The van der Waals surface area contributed by atoms with Crippen LogP contribution in [0.5, 0.6) is 0 Å². The molecular weight excluding hydrogens is 350 g/mol. The lowest BCUT2D eigenvalue weighted by atomic mass is 10.0. The Bertz CT molecular complexity index is 1040. The molecular formula is C23H25N3O2. The van der Waals surface area contributed by atoms with E-state index in [2.05, 4.69) is 59.5 Å². The summed E-state index contributed by atoms with van der Waals surface area (Å²) in [5.41, 5.74) is 7.91. The molecule has 1 aliphatic carbocycles. The number of aromatic nitrogens is 1. The summed E-state index contributed by atoms with van der Waals surface area (Å²) in [7, 11) is 2.10. The Labute approximate surface area is 164 Å². The highest BCUT2D eigenvalue weighted by atomic mass is 16.5. The van der Waals surface area contributed by atoms with Gasteiger partial charge in [0.1, 0.15) is 0 Å². The molecule has 0 bridgehead atoms. The average Bonchev–Trinajstić information content (AvgIpc) is 3.27. The van der Waals surface area contributed by atoms with Crippen LogP contribution >= 0.6 is 0 Å². The van der Waals surface area contributed by atoms with Crippen molar-refractivity contribution in [2.75, 3.05) is 6.54 Å². The molecule has 0 radical (unpaired) electrons. The lowest BCUT2D eigenvalue weighted by Gasteiger charge is -2.14. The number of amides is 1. The Kier molecular flexibility index (Phi) is 5.28. The van der Waals surface area contributed by atoms with E-state index in [0.717, 1.165) is 31.4 Å². The minimum Gasteiger partial charge on any atom is -0.350 e. The van der Waals surface area contributed by atoms with Gasteiger partial charge in [-0.25, -0.2) is 5.48 Å². The third-order valence-electron chi connectivity index (χ3n) is 5.55. The van der Waals surface area contributed by atoms with Gasteiger partial charge in [-0.1, -0.05) is 36.4 Å². The lowest BCUT2D eigenvalue weighted by molar-refractivity contribution is -0.124. The van der Waals surface area contributed by atoms with Crippen LogP contribution in [0, 0.1) is 0 Å². The zero-order chi connectivity index (χ0) is 19.5. The molecule has 3 aromatic rings. The van der Waals surface area contributed by atoms with Gasteiger partial charge >= 0.3 is 0 Å². The van der Waals surface area contributed by atoms with Gasteiger partial charge < -0.3 is 9.88 Å². The van der Waals surface area contributed by atoms with Crippen LogP contribution in [-0.2, 0) is 24.7 Å². The number of hydrogen-bond acceptors (Lipinski definition) is 3. The number of fused-ring (bicyclic) bond motifs is 2. The summed E-state index contributed by atoms with van der Waals surface area (Å²) < 4.78 is 2.20. The second-order valence-electron chi connectivity index (χ2n) is 7.35. The quantitative estimate of drug-likeness (QED) is 0.351. The molecule has 4 rings (SSSR count). The Morgan fingerprint density at radius 2 is 2.14 bits per heavy atom. The number of rotatable bonds is 6. The van der Waals surface area contributed by atoms with Crippen molar-refractivity contribution in [3.63, 3.8) is 0 Å². The number of nitrogens with zero attached hydrogens (tertiary/aromatic N) is 1. The summed E-state index contributed by atoms with van der Waals surface area (Å²) in [4.78, 5) is 11.1. The highest BCUT2D eigenvalue weighted by Gasteiger charge is 2.21. The normalized spacial score (nSPS) is 16.0. The summed E-state index contributed by atoms with van der Waals surface area (Å²) in [6.07, 6.45) is 8.41. The van der Waals surface area contributed by atoms with Crippen molar-refractivity contribution in [2.24, 2.45) is 7.05 Å². The number of carbonyl (C=O) groups is 1. The molecule has 5 heteroatoms. The number of hydroxylamine groups is 1. The van der Waals surface area contributed by atoms with Crippen molar-refractivity contribution in [1.82, 2.24) is 15.4 Å². The molecule has 1 atom stereocenters. The lowest BCUT2D eigenvalue weighted by Crippen LogP contribution is -2.21. The number of carbonyl (C=O) groups excluding carboxylic acids is 1. The summed E-state index contributed by atoms with van der Waals surface area (Å²) in [5.74, 6) is -0.520. The zero-order valence-corrected chi connectivity index (χ0v) is 16.0. The number of hydrogen-bond donors (Lipinski definition) is 3. The van der Waals surface area contributed by atoms with Crippen molar-refractivity contribution in [1.29, 1.82) is 0 Å². The third-order valence-corrected chi connectivity index (χ3v) is 5.55. The largest absolute Gasteiger partial charge is 0.350 e. The predicted octanol–water partition coefficient (Wildman–Crippen LogP) is 3.52. The zero-order valence-electron chi connectivity index (χ0n) is 16.0. The summed E-state index contributed by atoms with van der Waals surface area (Å²) >= 11 is 0. The van der Waals surface area contributed by atoms with Gasteiger partial charge in [0.25, 0.3) is 5.91 Å². The van der Waals surface area contributed by atoms with Gasteiger partial charge in [-0.2, -0.15) is 0 Å². The first-order valence-corrected chi connectivity index (χ1v) is 9.67. The first-order chi connectivity index (χ1) is 13.7. The molecule has 3 N–H and O–H groups in total. The van der Waals surface area contributed by atoms with E-state index in [1.54, 1.807) is 11.6 Å². The van der Waals surface area contributed by atoms with E-state index in [1.807, 2.05) is 6.07 Å². The fourth-order valence-corrected chi connectivity index (χ4v) is 4.17. The fourth-order valence-electron chi connectivity index (χ4n) is 4.17. The third kappa shape index (κ3) is 3.72. The number of benzene rings is 2. The summed E-state index contributed by atoms with van der Waals surface area (Å²) in [6, 6.07) is 15.2. The van der Waals surface area contributed by atoms with Gasteiger partial charge in [0.05, 0.1) is 0 Å². The maximum Gasteiger partial charge on any atom is 0.267 e. The highest BCUT2D eigenvalue weighted by molar-refractivity contribution is 5.90. The van der Waals surface area contributed by atoms with Crippen molar-refractivity contribution in [3.05, 3.63) is 77.0 Å². The highest BCUT2D eigenvalue weighted by Crippen LogP contribution is 2.32. The SMILES string of the molecule is Cn1cc(CCNC2CCc3cc(/C=C/C(=O)NO)ccc32)c2ccccc21. The number of para-hydroxylation sites is 1. The molecule has 0 saturated heterocycles. The molecule has 1 amide bonds. The molecule has 1 aliphatic rings. The van der Waals surface area contributed by atoms with Crippen LogP contribution in [0.4, 0.5) is 0 Å². The number of nitrogens with one attached hydrogen (secondary N) is 2. The maximum absolute atomic E-state index is 11.1. The molecule has 0 fully saturated rings. The molecule has 0 spiro atoms. The molecule has 144 valence electrons. The Balaban J connectivity index is 1.40. The van der Waals surface area contributed by atoms with Gasteiger partial charge in [0.15, 0.2) is 0 Å². The van der Waals surface area contributed by atoms with E-state index >= 15 is 0 Å². The first-order valence-electron chi connectivity index (χ1n) is 9.67. The van der Waals surface area contributed by atoms with Crippen molar-refractivity contribution < 1.29 is 10.0 Å². The molecule has 5 nitrogen and oxygen atoms in total. The van der Waals surface area contributed by atoms with E-state index in [-0.39, 0.29) is 0 Å². The minimum atomic E-state index is -0.520. The van der Waals surface area contributed by atoms with Crippen LogP contribution < -0.4 is 10.8 Å². The van der Waals surface area contributed by atoms with Gasteiger partial charge in [0, 0.05) is 36.3 Å². The molecule has 0 aliphatic heterocycles. The van der Waals surface area contributed by atoms with Gasteiger partial charge in [0.2, 0.25) is 0 Å². The Morgan fingerprint density at radius 3 is 3.00 bits per heavy atom. The second-order valence-corrected chi connectivity index (χ2v) is 7.35. The van der Waals surface area contributed by atoms with Crippen LogP contribution in [0.3, 0.4) is 0 Å². The second kappa shape index (κ2) is 8.00. The Hall–Kier alpha value is -2.89. The van der Waals surface area contributed by atoms with E-state index in [1.165, 1.54) is 33.7 Å². The maximum atomic E-state index is 11.1.